The van der Waals surface area contributed by atoms with E-state index in [1.165, 1.54) is 92.4 Å². The molecule has 2 atom stereocenters. The molecule has 36 nitrogen and oxygen atoms in total. The number of pyridine rings is 7. The fourth-order valence-corrected chi connectivity index (χ4v) is 15.3. The second kappa shape index (κ2) is 60.3. The number of aliphatic hydroxyl groups excluding tert-OH is 3. The standard InChI is InChI=1S/2C21H18Cl2FN5O2.C12H16N2O3.C11H16N2O2.C11H14N2O2.C8H8BrNO2.C8H9NO2.C4H10O3P/c2*1-12(20-16(22)9-25-10-17(20)23)31-14-2-3-19-15(7-14)21(28-27-19)18(24)6-13-8-26-29(11-13)4-5-30;1-16-12(15)10-2-3-11(13-8-10)9-14-4-6-17-7-5-14;2*14-9-10-1-2-11(12-7-10)8-13-3-5-15-6-4-13;1-12-8(11)6-2-3-7(4-9)10-5-6;1-6-3-4-7(5-9-6)8(10)11-2;1-3-6-8(5)7-4-2/h2*2-3,6-12,30H,4-5H2,1H3,(H,27,28);2-3,8H,4-7,9H2,1H3;1-2,7,14H,3-6,8-9H2;1-2,7,9H,3-6,8H2;2-3,5H,4H2,1H3;3-5H,1-2H3;3-4H2,1-2H3/q;;;;;;;+1/b18-6+;18-6-;;;;;;. The van der Waals surface area contributed by atoms with E-state index in [2.05, 4.69) is 119 Å². The van der Waals surface area contributed by atoms with Crippen LogP contribution in [0.2, 0.25) is 20.1 Å². The number of aromatic nitrogens is 15. The lowest BCUT2D eigenvalue weighted by atomic mass is 10.1. The number of hydrogen-bond donors (Lipinski definition) is 5. The minimum Gasteiger partial charge on any atom is -0.486 e. The molecule has 14 heterocycles. The van der Waals surface area contributed by atoms with Crippen LogP contribution in [0, 0.1) is 6.92 Å². The molecular weight excluding hydrogens is 1980 g/mol. The van der Waals surface area contributed by atoms with Gasteiger partial charge >= 0.3 is 26.2 Å². The molecule has 744 valence electrons. The van der Waals surface area contributed by atoms with Crippen molar-refractivity contribution in [1.29, 1.82) is 0 Å². The number of aryl methyl sites for hydroxylation is 1. The number of carbonyl (C=O) groups is 4. The Balaban J connectivity index is 0.000000186. The van der Waals surface area contributed by atoms with Crippen LogP contribution in [-0.2, 0) is 86.7 Å². The van der Waals surface area contributed by atoms with Crippen molar-refractivity contribution in [3.8, 4) is 11.5 Å². The normalized spacial score (nSPS) is 13.7. The zero-order valence-electron chi connectivity index (χ0n) is 78.1. The van der Waals surface area contributed by atoms with E-state index in [1.54, 1.807) is 118 Å². The highest BCUT2D eigenvalue weighted by Crippen LogP contribution is 2.38. The highest BCUT2D eigenvalue weighted by Gasteiger charge is 2.23. The number of carbonyl (C=O) groups excluding carboxylic acids is 4. The summed E-state index contributed by atoms with van der Waals surface area (Å²) in [7, 11) is 2.23. The summed E-state index contributed by atoms with van der Waals surface area (Å²) < 4.78 is 93.9. The van der Waals surface area contributed by atoms with E-state index in [-0.39, 0.29) is 49.1 Å². The van der Waals surface area contributed by atoms with Crippen LogP contribution in [0.1, 0.15) is 149 Å². The van der Waals surface area contributed by atoms with Gasteiger partial charge in [0, 0.05) is 181 Å². The largest absolute Gasteiger partial charge is 0.697 e. The van der Waals surface area contributed by atoms with E-state index in [1.807, 2.05) is 45.0 Å². The number of aromatic amines is 2. The van der Waals surface area contributed by atoms with Crippen molar-refractivity contribution < 1.29 is 94.8 Å². The maximum Gasteiger partial charge on any atom is 0.697 e. The van der Waals surface area contributed by atoms with Crippen LogP contribution in [0.5, 0.6) is 11.5 Å². The Hall–Kier alpha value is -11.8. The van der Waals surface area contributed by atoms with Gasteiger partial charge in [0.15, 0.2) is 17.9 Å². The predicted molar refractivity (Wildman–Crippen MR) is 528 cm³/mol. The van der Waals surface area contributed by atoms with Crippen molar-refractivity contribution in [1.82, 2.24) is 89.5 Å². The first-order valence-electron chi connectivity index (χ1n) is 43.9. The molecule has 5 N–H and O–H groups in total. The zero-order valence-corrected chi connectivity index (χ0v) is 83.6. The quantitative estimate of drug-likeness (QED) is 0.00917. The summed E-state index contributed by atoms with van der Waals surface area (Å²) in [5, 5.41) is 52.2. The lowest BCUT2D eigenvalue weighted by Gasteiger charge is -2.26. The SMILES string of the molecule is CC(Oc1ccc2[nH]nc(/C(F)=C/c3cnn(CCO)c3)c2c1)c1c(Cl)cncc1Cl.CC(Oc1ccc2[nH]nc(/C(F)=C\c3cnn(CCO)c3)c2c1)c1c(Cl)cncc1Cl.CCO[P+](=O)OCC.COC(=O)c1ccc(C)nc1.COC(=O)c1ccc(CBr)nc1.COC(=O)c1ccc(CN2CCOCC2)nc1.O=Cc1ccc(CN2CCOCC2)nc1.OCc1ccc(CN2CCOCC2)nc1. The van der Waals surface area contributed by atoms with Gasteiger partial charge in [-0.3, -0.25) is 73.9 Å². The topological polar surface area (TPSA) is 431 Å². The van der Waals surface area contributed by atoms with Crippen molar-refractivity contribution in [3.05, 3.63) is 288 Å². The first kappa shape index (κ1) is 112. The van der Waals surface area contributed by atoms with Gasteiger partial charge in [-0.15, -0.1) is 9.05 Å². The van der Waals surface area contributed by atoms with Crippen LogP contribution in [-0.4, -0.2) is 256 Å². The summed E-state index contributed by atoms with van der Waals surface area (Å²) >= 11 is 28.1. The van der Waals surface area contributed by atoms with Crippen LogP contribution >= 0.6 is 70.6 Å². The maximum atomic E-state index is 15.0. The van der Waals surface area contributed by atoms with Gasteiger partial charge in [0.2, 0.25) is 0 Å². The predicted octanol–water partition coefficient (Wildman–Crippen LogP) is 16.6. The van der Waals surface area contributed by atoms with E-state index < -0.39 is 32.1 Å². The number of esters is 3. The molecule has 0 radical (unpaired) electrons. The number of nitrogens with zero attached hydrogens (tertiary/aromatic N) is 16. The lowest BCUT2D eigenvalue weighted by Crippen LogP contribution is -2.35. The Bertz CT molecular complexity index is 5840. The van der Waals surface area contributed by atoms with Gasteiger partial charge in [0.25, 0.3) is 0 Å². The third-order valence-corrected chi connectivity index (χ3v) is 23.0. The molecule has 0 amide bonds. The van der Waals surface area contributed by atoms with Gasteiger partial charge in [0.1, 0.15) is 48.3 Å². The second-order valence-corrected chi connectivity index (χ2v) is 33.4. The molecule has 3 fully saturated rings. The van der Waals surface area contributed by atoms with Gasteiger partial charge in [-0.25, -0.2) is 23.2 Å². The number of nitrogens with one attached hydrogen (secondary N) is 2. The number of rotatable bonds is 30. The highest BCUT2D eigenvalue weighted by molar-refractivity contribution is 9.08. The number of H-pyrrole nitrogens is 2. The van der Waals surface area contributed by atoms with Crippen LogP contribution in [0.3, 0.4) is 0 Å². The first-order valence-corrected chi connectivity index (χ1v) is 47.6. The average molecular weight is 2090 g/mol. The second-order valence-electron chi connectivity index (χ2n) is 30.2. The average Bonchev–Trinajstić information content (AvgIpc) is 1.64. The molecule has 0 aliphatic carbocycles. The summed E-state index contributed by atoms with van der Waals surface area (Å²) in [6.45, 7) is 23.6. The van der Waals surface area contributed by atoms with Crippen LogP contribution in [0.15, 0.2) is 178 Å². The van der Waals surface area contributed by atoms with Crippen LogP contribution < -0.4 is 9.47 Å². The van der Waals surface area contributed by atoms with Crippen LogP contribution in [0.25, 0.3) is 45.6 Å². The Morgan fingerprint density at radius 3 is 1.21 bits per heavy atom. The van der Waals surface area contributed by atoms with Gasteiger partial charge < -0.3 is 53.2 Å². The maximum absolute atomic E-state index is 15.0. The Labute approximate surface area is 836 Å². The van der Waals surface area contributed by atoms with Gasteiger partial charge in [0.05, 0.1) is 177 Å². The minimum atomic E-state index is -1.83. The minimum absolute atomic E-state index is 0.0472. The smallest absolute Gasteiger partial charge is 0.486 e. The molecule has 13 aromatic rings. The molecule has 16 rings (SSSR count). The number of methoxy groups -OCH3 is 3. The van der Waals surface area contributed by atoms with E-state index in [9.17, 15) is 32.5 Å². The molecule has 11 aromatic heterocycles. The molecule has 0 bridgehead atoms. The van der Waals surface area contributed by atoms with Crippen molar-refractivity contribution in [3.63, 3.8) is 0 Å². The van der Waals surface area contributed by atoms with Gasteiger partial charge in [-0.05, 0) is 143 Å². The number of benzene rings is 2. The molecular formula is C96H109BrCl4F2N18O18P+. The van der Waals surface area contributed by atoms with Crippen molar-refractivity contribution in [2.45, 2.75) is 91.5 Å². The van der Waals surface area contributed by atoms with Gasteiger partial charge in [-0.2, -0.15) is 20.4 Å². The fourth-order valence-electron chi connectivity index (χ4n) is 13.1. The molecule has 140 heavy (non-hydrogen) atoms. The molecule has 2 aromatic carbocycles. The monoisotopic (exact) mass is 2090 g/mol. The van der Waals surface area contributed by atoms with Crippen molar-refractivity contribution in [2.24, 2.45) is 0 Å². The molecule has 44 heteroatoms. The molecule has 2 unspecified atom stereocenters. The molecule has 3 saturated heterocycles. The van der Waals surface area contributed by atoms with E-state index in [0.717, 1.165) is 139 Å². The molecule has 0 saturated carbocycles. The summed E-state index contributed by atoms with van der Waals surface area (Å²) in [6.07, 6.45) is 22.8. The number of hydrogen-bond acceptors (Lipinski definition) is 32. The van der Waals surface area contributed by atoms with Crippen molar-refractivity contribution >= 4 is 140 Å². The third kappa shape index (κ3) is 36.7. The van der Waals surface area contributed by atoms with E-state index in [4.69, 9.17) is 85.4 Å². The molecule has 0 spiro atoms. The number of fused-ring (bicyclic) bond motifs is 2. The zero-order chi connectivity index (χ0) is 101. The van der Waals surface area contributed by atoms with E-state index in [0.29, 0.717) is 130 Å². The summed E-state index contributed by atoms with van der Waals surface area (Å²) in [5.41, 5.74) is 11.7. The third-order valence-electron chi connectivity index (χ3n) is 20.2. The molecule has 3 aliphatic rings. The number of halogens is 7. The summed E-state index contributed by atoms with van der Waals surface area (Å²) in [5.74, 6) is -1.10. The number of aliphatic hydroxyl groups is 3. The summed E-state index contributed by atoms with van der Waals surface area (Å²) in [4.78, 5) is 79.0. The fraction of sp³-hybridized carbons (Fsp3) is 0.344. The Morgan fingerprint density at radius 2 is 0.879 bits per heavy atom. The number of morpholine rings is 3. The number of alkyl halides is 1. The van der Waals surface area contributed by atoms with Crippen LogP contribution in [0.4, 0.5) is 8.78 Å². The summed E-state index contributed by atoms with van der Waals surface area (Å²) in [6, 6.07) is 28.6. The lowest BCUT2D eigenvalue weighted by molar-refractivity contribution is 0.0335. The highest BCUT2D eigenvalue weighted by atomic mass is 79.9. The first-order chi connectivity index (χ1) is 67.8. The molecule has 3 aliphatic heterocycles. The van der Waals surface area contributed by atoms with E-state index >= 15 is 0 Å². The number of aldehydes is 1. The van der Waals surface area contributed by atoms with Gasteiger partial charge in [-0.1, -0.05) is 68.4 Å². The Morgan fingerprint density at radius 1 is 0.500 bits per heavy atom. The van der Waals surface area contributed by atoms with Crippen molar-refractivity contribution in [2.75, 3.05) is 127 Å². The Kier molecular flexibility index (Phi) is 48.2. The number of ether oxygens (including phenoxy) is 8.